The van der Waals surface area contributed by atoms with Gasteiger partial charge in [-0.25, -0.2) is 4.79 Å². The molecule has 1 heterocycles. The minimum Gasteiger partial charge on any atom is -0.478 e. The van der Waals surface area contributed by atoms with Gasteiger partial charge in [-0.3, -0.25) is 4.98 Å². The first kappa shape index (κ1) is 10.9. The molecule has 3 heteroatoms. The van der Waals surface area contributed by atoms with E-state index in [-0.39, 0.29) is 0 Å². The Balaban J connectivity index is 0.000000162. The monoisotopic (exact) mass is 201 g/mol. The number of nitrogens with zero attached hydrogens (tertiary/aromatic N) is 1. The lowest BCUT2D eigenvalue weighted by molar-refractivity contribution is 0.0697. The summed E-state index contributed by atoms with van der Waals surface area (Å²) in [6.07, 6.45) is 3.50. The molecule has 0 aliphatic rings. The molecule has 1 N–H and O–H groups in total. The van der Waals surface area contributed by atoms with Crippen LogP contribution in [0.15, 0.2) is 60.9 Å². The third kappa shape index (κ3) is 4.57. The van der Waals surface area contributed by atoms with Crippen molar-refractivity contribution in [3.05, 3.63) is 66.5 Å². The zero-order chi connectivity index (χ0) is 10.9. The summed E-state index contributed by atoms with van der Waals surface area (Å²) in [4.78, 5) is 14.0. The lowest BCUT2D eigenvalue weighted by atomic mass is 10.2. The molecular formula is C12H11NO2. The number of benzene rings is 1. The van der Waals surface area contributed by atoms with Gasteiger partial charge in [-0.05, 0) is 24.3 Å². The molecule has 2 rings (SSSR count). The predicted octanol–water partition coefficient (Wildman–Crippen LogP) is 2.47. The van der Waals surface area contributed by atoms with Crippen LogP contribution in [-0.4, -0.2) is 16.1 Å². The van der Waals surface area contributed by atoms with Crippen LogP contribution in [0.25, 0.3) is 0 Å². The summed E-state index contributed by atoms with van der Waals surface area (Å²) in [7, 11) is 0. The molecule has 0 unspecified atom stereocenters. The van der Waals surface area contributed by atoms with Crippen molar-refractivity contribution in [2.75, 3.05) is 0 Å². The lowest BCUT2D eigenvalue weighted by Gasteiger charge is -1.88. The number of rotatable bonds is 1. The largest absolute Gasteiger partial charge is 0.478 e. The lowest BCUT2D eigenvalue weighted by Crippen LogP contribution is -1.93. The molecule has 0 saturated carbocycles. The number of aromatic nitrogens is 1. The number of carboxylic acids is 1. The number of carbonyl (C=O) groups is 1. The number of carboxylic acid groups (broad SMARTS) is 1. The maximum absolute atomic E-state index is 10.2. The Kier molecular flexibility index (Phi) is 4.60. The fourth-order valence-corrected chi connectivity index (χ4v) is 0.893. The van der Waals surface area contributed by atoms with E-state index < -0.39 is 5.97 Å². The van der Waals surface area contributed by atoms with Gasteiger partial charge in [0.25, 0.3) is 0 Å². The number of hydrogen-bond acceptors (Lipinski definition) is 2. The highest BCUT2D eigenvalue weighted by atomic mass is 16.4. The SMILES string of the molecule is O=C(O)c1ccccc1.c1ccncc1. The van der Waals surface area contributed by atoms with Crippen LogP contribution in [0.5, 0.6) is 0 Å². The van der Waals surface area contributed by atoms with E-state index in [1.807, 2.05) is 18.2 Å². The molecule has 0 atom stereocenters. The van der Waals surface area contributed by atoms with Crippen LogP contribution in [0.1, 0.15) is 10.4 Å². The van der Waals surface area contributed by atoms with E-state index in [9.17, 15) is 4.79 Å². The van der Waals surface area contributed by atoms with E-state index in [2.05, 4.69) is 4.98 Å². The van der Waals surface area contributed by atoms with E-state index in [0.717, 1.165) is 0 Å². The summed E-state index contributed by atoms with van der Waals surface area (Å²) in [5, 5.41) is 8.38. The topological polar surface area (TPSA) is 50.2 Å². The number of aromatic carboxylic acids is 1. The second-order valence-electron chi connectivity index (χ2n) is 2.70. The summed E-state index contributed by atoms with van der Waals surface area (Å²) < 4.78 is 0. The molecular weight excluding hydrogens is 190 g/mol. The first-order valence-corrected chi connectivity index (χ1v) is 4.44. The molecule has 0 radical (unpaired) electrons. The summed E-state index contributed by atoms with van der Waals surface area (Å²) in [5.41, 5.74) is 0.331. The van der Waals surface area contributed by atoms with Crippen LogP contribution in [0.2, 0.25) is 0 Å². The third-order valence-corrected chi connectivity index (χ3v) is 1.59. The quantitative estimate of drug-likeness (QED) is 0.771. The van der Waals surface area contributed by atoms with Gasteiger partial charge in [0.2, 0.25) is 0 Å². The predicted molar refractivity (Wildman–Crippen MR) is 57.6 cm³/mol. The molecule has 1 aromatic heterocycles. The van der Waals surface area contributed by atoms with Crippen molar-refractivity contribution in [1.82, 2.24) is 4.98 Å². The first-order valence-electron chi connectivity index (χ1n) is 4.44. The minimum atomic E-state index is -0.879. The molecule has 0 aliphatic heterocycles. The Morgan fingerprint density at radius 1 is 0.933 bits per heavy atom. The van der Waals surface area contributed by atoms with Crippen molar-refractivity contribution in [2.45, 2.75) is 0 Å². The third-order valence-electron chi connectivity index (χ3n) is 1.59. The molecule has 0 bridgehead atoms. The number of pyridine rings is 1. The summed E-state index contributed by atoms with van der Waals surface area (Å²) in [5.74, 6) is -0.879. The van der Waals surface area contributed by atoms with Gasteiger partial charge in [-0.2, -0.15) is 0 Å². The van der Waals surface area contributed by atoms with Crippen LogP contribution in [0.4, 0.5) is 0 Å². The van der Waals surface area contributed by atoms with Gasteiger partial charge >= 0.3 is 5.97 Å². The normalized spacial score (nSPS) is 8.53. The van der Waals surface area contributed by atoms with Gasteiger partial charge in [0.1, 0.15) is 0 Å². The van der Waals surface area contributed by atoms with Gasteiger partial charge in [0, 0.05) is 12.4 Å². The van der Waals surface area contributed by atoms with Crippen LogP contribution in [0.3, 0.4) is 0 Å². The average Bonchev–Trinajstić information content (AvgIpc) is 2.33. The highest BCUT2D eigenvalue weighted by Gasteiger charge is 1.96. The van der Waals surface area contributed by atoms with Gasteiger partial charge < -0.3 is 5.11 Å². The number of hydrogen-bond donors (Lipinski definition) is 1. The Morgan fingerprint density at radius 2 is 1.47 bits per heavy atom. The molecule has 0 fully saturated rings. The highest BCUT2D eigenvalue weighted by molar-refractivity contribution is 5.87. The van der Waals surface area contributed by atoms with Crippen LogP contribution in [0, 0.1) is 0 Å². The minimum absolute atomic E-state index is 0.331. The van der Waals surface area contributed by atoms with E-state index in [4.69, 9.17) is 5.11 Å². The Hall–Kier alpha value is -2.16. The Bertz CT molecular complexity index is 360. The molecule has 1 aromatic carbocycles. The van der Waals surface area contributed by atoms with E-state index >= 15 is 0 Å². The van der Waals surface area contributed by atoms with Gasteiger partial charge in [-0.15, -0.1) is 0 Å². The van der Waals surface area contributed by atoms with Crippen LogP contribution in [-0.2, 0) is 0 Å². The van der Waals surface area contributed by atoms with E-state index in [1.165, 1.54) is 0 Å². The second-order valence-corrected chi connectivity index (χ2v) is 2.70. The van der Waals surface area contributed by atoms with Crippen LogP contribution >= 0.6 is 0 Å². The average molecular weight is 201 g/mol. The van der Waals surface area contributed by atoms with Crippen molar-refractivity contribution >= 4 is 5.97 Å². The maximum Gasteiger partial charge on any atom is 0.335 e. The molecule has 0 spiro atoms. The standard InChI is InChI=1S/C7H6O2.C5H5N/c8-7(9)6-4-2-1-3-5-6;1-2-4-6-5-3-1/h1-5H,(H,8,9);1-5H. The fourth-order valence-electron chi connectivity index (χ4n) is 0.893. The molecule has 15 heavy (non-hydrogen) atoms. The first-order chi connectivity index (χ1) is 7.30. The van der Waals surface area contributed by atoms with E-state index in [0.29, 0.717) is 5.56 Å². The molecule has 2 aromatic rings. The molecule has 3 nitrogen and oxygen atoms in total. The Morgan fingerprint density at radius 3 is 1.73 bits per heavy atom. The summed E-state index contributed by atoms with van der Waals surface area (Å²) in [6, 6.07) is 14.0. The molecule has 0 saturated heterocycles. The molecule has 76 valence electrons. The summed E-state index contributed by atoms with van der Waals surface area (Å²) in [6.45, 7) is 0. The summed E-state index contributed by atoms with van der Waals surface area (Å²) >= 11 is 0. The second kappa shape index (κ2) is 6.32. The molecule has 0 amide bonds. The van der Waals surface area contributed by atoms with Gasteiger partial charge in [0.05, 0.1) is 5.56 Å². The van der Waals surface area contributed by atoms with Crippen molar-refractivity contribution in [3.8, 4) is 0 Å². The van der Waals surface area contributed by atoms with Crippen molar-refractivity contribution in [2.24, 2.45) is 0 Å². The smallest absolute Gasteiger partial charge is 0.335 e. The van der Waals surface area contributed by atoms with Crippen LogP contribution < -0.4 is 0 Å². The van der Waals surface area contributed by atoms with Crippen molar-refractivity contribution in [3.63, 3.8) is 0 Å². The highest BCUT2D eigenvalue weighted by Crippen LogP contribution is 1.96. The molecule has 0 aliphatic carbocycles. The Labute approximate surface area is 88.0 Å². The van der Waals surface area contributed by atoms with Crippen molar-refractivity contribution in [1.29, 1.82) is 0 Å². The van der Waals surface area contributed by atoms with E-state index in [1.54, 1.807) is 42.7 Å². The zero-order valence-electron chi connectivity index (χ0n) is 8.08. The zero-order valence-corrected chi connectivity index (χ0v) is 8.08. The maximum atomic E-state index is 10.2. The van der Waals surface area contributed by atoms with Gasteiger partial charge in [-0.1, -0.05) is 24.3 Å². The van der Waals surface area contributed by atoms with Crippen molar-refractivity contribution < 1.29 is 9.90 Å². The fraction of sp³-hybridized carbons (Fsp3) is 0. The van der Waals surface area contributed by atoms with Gasteiger partial charge in [0.15, 0.2) is 0 Å².